The van der Waals surface area contributed by atoms with Gasteiger partial charge >= 0.3 is 5.97 Å². The first-order valence-electron chi connectivity index (χ1n) is 15.6. The van der Waals surface area contributed by atoms with E-state index in [9.17, 15) is 30.0 Å². The van der Waals surface area contributed by atoms with Crippen molar-refractivity contribution >= 4 is 17.6 Å². The van der Waals surface area contributed by atoms with E-state index in [-0.39, 0.29) is 36.3 Å². The summed E-state index contributed by atoms with van der Waals surface area (Å²) >= 11 is 0. The number of amides is 1. The van der Waals surface area contributed by atoms with Crippen LogP contribution in [0.4, 0.5) is 5.69 Å². The summed E-state index contributed by atoms with van der Waals surface area (Å²) in [5, 5.41) is 52.3. The molecule has 6 fully saturated rings. The maximum atomic E-state index is 13.6. The molecule has 7 rings (SSSR count). The number of hydrogen-bond donors (Lipinski definition) is 5. The second-order valence-electron chi connectivity index (χ2n) is 14.1. The van der Waals surface area contributed by atoms with Crippen LogP contribution in [-0.4, -0.2) is 113 Å². The number of anilines is 1. The highest BCUT2D eigenvalue weighted by Crippen LogP contribution is 2.80. The van der Waals surface area contributed by atoms with E-state index >= 15 is 0 Å². The normalized spacial score (nSPS) is 49.1. The Morgan fingerprint density at radius 2 is 1.88 bits per heavy atom. The van der Waals surface area contributed by atoms with Gasteiger partial charge in [0.25, 0.3) is 0 Å². The third-order valence-corrected chi connectivity index (χ3v) is 12.8. The number of nitrogens with one attached hydrogen (secondary N) is 1. The number of benzene rings is 1. The third kappa shape index (κ3) is 3.39. The number of hydrogen-bond acceptors (Lipinski definition) is 10. The number of carbonyl (C=O) groups is 2. The zero-order valence-electron chi connectivity index (χ0n) is 25.2. The van der Waals surface area contributed by atoms with Crippen molar-refractivity contribution in [3.63, 3.8) is 0 Å². The van der Waals surface area contributed by atoms with Gasteiger partial charge in [0.2, 0.25) is 5.91 Å². The molecule has 5 N–H and O–H groups in total. The largest absolute Gasteiger partial charge is 0.461 e. The van der Waals surface area contributed by atoms with Crippen LogP contribution in [0.5, 0.6) is 0 Å². The summed E-state index contributed by atoms with van der Waals surface area (Å²) in [5.74, 6) is -2.50. The van der Waals surface area contributed by atoms with Gasteiger partial charge in [0.15, 0.2) is 0 Å². The van der Waals surface area contributed by atoms with Crippen molar-refractivity contribution in [3.8, 4) is 0 Å². The first kappa shape index (κ1) is 29.6. The molecule has 11 heteroatoms. The molecule has 6 aliphatic rings. The molecule has 5 saturated carbocycles. The molecule has 1 aromatic carbocycles. The molecule has 11 nitrogen and oxygen atoms in total. The van der Waals surface area contributed by atoms with Gasteiger partial charge in [0.05, 0.1) is 48.3 Å². The molecule has 0 radical (unpaired) electrons. The van der Waals surface area contributed by atoms with Gasteiger partial charge in [-0.25, -0.2) is 4.79 Å². The number of rotatable bonds is 7. The molecular formula is C32H44N2O9. The van der Waals surface area contributed by atoms with Gasteiger partial charge in [-0.2, -0.15) is 0 Å². The van der Waals surface area contributed by atoms with E-state index in [0.29, 0.717) is 38.0 Å². The predicted molar refractivity (Wildman–Crippen MR) is 153 cm³/mol. The minimum atomic E-state index is -1.81. The van der Waals surface area contributed by atoms with E-state index in [2.05, 4.69) is 10.2 Å². The first-order chi connectivity index (χ1) is 20.5. The summed E-state index contributed by atoms with van der Waals surface area (Å²) in [7, 11) is 3.11. The molecule has 1 saturated heterocycles. The number of carbonyl (C=O) groups excluding carboxylic acids is 2. The SMILES string of the molecule is CCN1C[C@]2(COC(=O)c3ccccc3NC(C)=O)CC[C@H](O)[C@@]34[C@@H]5C[C@H]6[C@H](O)[C@@H]5[C@](O)(C[C@@H]6OC)[C@](O)([C@@H](OC)[C@H]23)[C@@H]14. The van der Waals surface area contributed by atoms with Crippen LogP contribution in [0.1, 0.15) is 49.9 Å². The molecule has 0 unspecified atom stereocenters. The number of likely N-dealkylation sites (tertiary alicyclic amines) is 1. The Labute approximate surface area is 251 Å². The molecular weight excluding hydrogens is 556 g/mol. The van der Waals surface area contributed by atoms with Gasteiger partial charge in [-0.05, 0) is 43.9 Å². The van der Waals surface area contributed by atoms with E-state index in [1.165, 1.54) is 14.0 Å². The van der Waals surface area contributed by atoms with Crippen LogP contribution in [0.2, 0.25) is 0 Å². The van der Waals surface area contributed by atoms with Crippen LogP contribution in [0.3, 0.4) is 0 Å². The van der Waals surface area contributed by atoms with Gasteiger partial charge in [0, 0.05) is 62.7 Å². The standard InChI is InChI=1S/C32H44N2O9/c1-5-34-14-29(15-43-27(38)17-8-6-7-9-20(17)33-16(2)35)11-10-22(36)31-19-12-18-21(41-3)13-30(39,23(19)24(18)37)32(40,28(31)34)26(42-4)25(29)31/h6-9,18-19,21-26,28,36-37,39-40H,5,10-15H2,1-4H3,(H,33,35)/t18-,19-,21+,22+,23-,24+,25-,26+,28+,29+,30-,31+,32+/m1/s1. The second kappa shape index (κ2) is 9.69. The smallest absolute Gasteiger partial charge is 0.340 e. The zero-order valence-corrected chi connectivity index (χ0v) is 25.2. The Hall–Kier alpha value is -2.12. The van der Waals surface area contributed by atoms with Gasteiger partial charge in [-0.1, -0.05) is 19.1 Å². The van der Waals surface area contributed by atoms with Crippen LogP contribution < -0.4 is 5.32 Å². The topological polar surface area (TPSA) is 158 Å². The van der Waals surface area contributed by atoms with Crippen LogP contribution in [0.25, 0.3) is 0 Å². The number of ether oxygens (including phenoxy) is 3. The Kier molecular flexibility index (Phi) is 6.67. The molecule has 236 valence electrons. The zero-order chi connectivity index (χ0) is 30.7. The molecule has 7 bridgehead atoms. The summed E-state index contributed by atoms with van der Waals surface area (Å²) in [6.07, 6.45) is -1.34. The highest BCUT2D eigenvalue weighted by atomic mass is 16.5. The maximum absolute atomic E-state index is 13.6. The van der Waals surface area contributed by atoms with Crippen molar-refractivity contribution in [3.05, 3.63) is 29.8 Å². The van der Waals surface area contributed by atoms with Gasteiger partial charge in [0.1, 0.15) is 11.2 Å². The van der Waals surface area contributed by atoms with Crippen LogP contribution in [0, 0.1) is 34.5 Å². The second-order valence-corrected chi connectivity index (χ2v) is 14.1. The average Bonchev–Trinajstić information content (AvgIpc) is 3.35. The van der Waals surface area contributed by atoms with Gasteiger partial charge in [-0.3, -0.25) is 9.69 Å². The monoisotopic (exact) mass is 600 g/mol. The summed E-state index contributed by atoms with van der Waals surface area (Å²) in [5.41, 5.74) is -4.53. The van der Waals surface area contributed by atoms with Crippen molar-refractivity contribution in [1.29, 1.82) is 0 Å². The minimum Gasteiger partial charge on any atom is -0.461 e. The van der Waals surface area contributed by atoms with Crippen molar-refractivity contribution in [2.45, 2.75) is 81.2 Å². The maximum Gasteiger partial charge on any atom is 0.340 e. The van der Waals surface area contributed by atoms with Crippen molar-refractivity contribution in [2.75, 3.05) is 39.2 Å². The molecule has 0 aromatic heterocycles. The van der Waals surface area contributed by atoms with E-state index in [0.717, 1.165) is 0 Å². The Balaban J connectivity index is 1.35. The van der Waals surface area contributed by atoms with Crippen LogP contribution in [-0.2, 0) is 19.0 Å². The number of piperidine rings is 1. The number of aliphatic hydroxyl groups excluding tert-OH is 2. The van der Waals surface area contributed by atoms with Crippen molar-refractivity contribution in [2.24, 2.45) is 34.5 Å². The number of methoxy groups -OCH3 is 2. The van der Waals surface area contributed by atoms with Crippen molar-refractivity contribution in [1.82, 2.24) is 4.90 Å². The van der Waals surface area contributed by atoms with Gasteiger partial charge < -0.3 is 40.0 Å². The number of aliphatic hydroxyl groups is 4. The highest BCUT2D eigenvalue weighted by molar-refractivity contribution is 6.00. The van der Waals surface area contributed by atoms with Crippen molar-refractivity contribution < 1.29 is 44.2 Å². The number of para-hydroxylation sites is 1. The van der Waals surface area contributed by atoms with E-state index in [1.54, 1.807) is 31.4 Å². The Morgan fingerprint density at radius 1 is 1.14 bits per heavy atom. The number of nitrogens with zero attached hydrogens (tertiary/aromatic N) is 1. The molecule has 13 atom stereocenters. The van der Waals surface area contributed by atoms with E-state index < -0.39 is 70.3 Å². The lowest BCUT2D eigenvalue weighted by Crippen LogP contribution is -2.82. The third-order valence-electron chi connectivity index (χ3n) is 12.8. The number of likely N-dealkylation sites (N-methyl/N-ethyl adjacent to an activating group) is 1. The molecule has 43 heavy (non-hydrogen) atoms. The summed E-state index contributed by atoms with van der Waals surface area (Å²) in [4.78, 5) is 27.5. The molecule has 1 heterocycles. The lowest BCUT2D eigenvalue weighted by Gasteiger charge is -2.69. The number of fused-ring (bicyclic) bond motifs is 2. The van der Waals surface area contributed by atoms with Crippen LogP contribution in [0.15, 0.2) is 24.3 Å². The Morgan fingerprint density at radius 3 is 2.56 bits per heavy atom. The molecule has 1 spiro atoms. The lowest BCUT2D eigenvalue weighted by atomic mass is 9.42. The van der Waals surface area contributed by atoms with E-state index in [1.807, 2.05) is 6.92 Å². The fourth-order valence-corrected chi connectivity index (χ4v) is 11.7. The summed E-state index contributed by atoms with van der Waals surface area (Å²) in [6.45, 7) is 4.42. The lowest BCUT2D eigenvalue weighted by molar-refractivity contribution is -0.317. The quantitative estimate of drug-likeness (QED) is 0.283. The highest BCUT2D eigenvalue weighted by Gasteiger charge is 2.91. The molecule has 5 aliphatic carbocycles. The minimum absolute atomic E-state index is 0.0149. The summed E-state index contributed by atoms with van der Waals surface area (Å²) < 4.78 is 18.1. The van der Waals surface area contributed by atoms with Crippen LogP contribution >= 0.6 is 0 Å². The summed E-state index contributed by atoms with van der Waals surface area (Å²) in [6, 6.07) is 6.08. The average molecular weight is 601 g/mol. The fourth-order valence-electron chi connectivity index (χ4n) is 11.7. The molecule has 1 aromatic rings. The van der Waals surface area contributed by atoms with E-state index in [4.69, 9.17) is 14.2 Å². The van der Waals surface area contributed by atoms with Gasteiger partial charge in [-0.15, -0.1) is 0 Å². The number of esters is 1. The molecule has 1 amide bonds. The first-order valence-corrected chi connectivity index (χ1v) is 15.6. The molecule has 1 aliphatic heterocycles. The predicted octanol–water partition coefficient (Wildman–Crippen LogP) is 0.786. The fraction of sp³-hybridized carbons (Fsp3) is 0.750. The Bertz CT molecular complexity index is 1330.